The predicted molar refractivity (Wildman–Crippen MR) is 107 cm³/mol. The molecular weight excluding hydrogens is 358 g/mol. The molecule has 146 valence electrons. The van der Waals surface area contributed by atoms with Crippen molar-refractivity contribution in [1.29, 1.82) is 0 Å². The molecule has 0 saturated carbocycles. The molecule has 1 atom stereocenters. The first-order chi connectivity index (χ1) is 13.5. The summed E-state index contributed by atoms with van der Waals surface area (Å²) in [7, 11) is 3.18. The first-order valence-corrected chi connectivity index (χ1v) is 9.19. The van der Waals surface area contributed by atoms with Crippen LogP contribution in [0.15, 0.2) is 46.1 Å². The van der Waals surface area contributed by atoms with Gasteiger partial charge in [0.15, 0.2) is 11.2 Å². The second-order valence-corrected chi connectivity index (χ2v) is 6.97. The van der Waals surface area contributed by atoms with E-state index in [9.17, 15) is 9.59 Å². The summed E-state index contributed by atoms with van der Waals surface area (Å²) in [6.07, 6.45) is 1.90. The topological polar surface area (TPSA) is 75.5 Å². The summed E-state index contributed by atoms with van der Waals surface area (Å²) in [5, 5.41) is 0. The van der Waals surface area contributed by atoms with Crippen LogP contribution in [-0.2, 0) is 18.3 Å². The van der Waals surface area contributed by atoms with Crippen LogP contribution in [0, 0.1) is 6.92 Å². The lowest BCUT2D eigenvalue weighted by atomic mass is 10.1. The van der Waals surface area contributed by atoms with Crippen LogP contribution < -0.4 is 11.2 Å². The molecule has 0 aliphatic rings. The molecule has 0 saturated heterocycles. The average molecular weight is 381 g/mol. The third kappa shape index (κ3) is 2.60. The van der Waals surface area contributed by atoms with Gasteiger partial charge >= 0.3 is 5.69 Å². The molecule has 0 aliphatic heterocycles. The highest BCUT2D eigenvalue weighted by Gasteiger charge is 2.22. The number of methoxy groups -OCH3 is 1. The van der Waals surface area contributed by atoms with Gasteiger partial charge in [-0.2, -0.15) is 4.98 Å². The van der Waals surface area contributed by atoms with Gasteiger partial charge in [-0.25, -0.2) is 4.79 Å². The van der Waals surface area contributed by atoms with Gasteiger partial charge in [0.25, 0.3) is 5.56 Å². The van der Waals surface area contributed by atoms with Gasteiger partial charge in [-0.3, -0.25) is 18.3 Å². The van der Waals surface area contributed by atoms with E-state index in [4.69, 9.17) is 4.74 Å². The molecule has 1 unspecified atom stereocenters. The van der Waals surface area contributed by atoms with Gasteiger partial charge in [-0.15, -0.1) is 0 Å². The van der Waals surface area contributed by atoms with Crippen molar-refractivity contribution in [3.63, 3.8) is 0 Å². The van der Waals surface area contributed by atoms with Gasteiger partial charge in [0.1, 0.15) is 0 Å². The number of rotatable bonds is 5. The molecule has 1 aromatic carbocycles. The number of aryl methyl sites for hydroxylation is 2. The van der Waals surface area contributed by atoms with Crippen LogP contribution in [0.2, 0.25) is 0 Å². The first kappa shape index (κ1) is 18.2. The summed E-state index contributed by atoms with van der Waals surface area (Å²) in [4.78, 5) is 30.4. The average Bonchev–Trinajstić information content (AvgIpc) is 3.21. The number of benzene rings is 1. The summed E-state index contributed by atoms with van der Waals surface area (Å²) in [6.45, 7) is 4.57. The van der Waals surface area contributed by atoms with Crippen molar-refractivity contribution in [2.24, 2.45) is 7.05 Å². The van der Waals surface area contributed by atoms with Crippen molar-refractivity contribution in [3.8, 4) is 0 Å². The molecule has 0 aliphatic carbocycles. The van der Waals surface area contributed by atoms with Crippen LogP contribution >= 0.6 is 0 Å². The molecule has 0 spiro atoms. The van der Waals surface area contributed by atoms with E-state index in [1.807, 2.05) is 31.3 Å². The fourth-order valence-electron chi connectivity index (χ4n) is 3.77. The van der Waals surface area contributed by atoms with Crippen LogP contribution in [0.3, 0.4) is 0 Å². The molecule has 0 fully saturated rings. The zero-order valence-electron chi connectivity index (χ0n) is 16.4. The van der Waals surface area contributed by atoms with Crippen molar-refractivity contribution >= 4 is 16.9 Å². The largest absolute Gasteiger partial charge is 0.383 e. The molecule has 8 nitrogen and oxygen atoms in total. The molecule has 3 heterocycles. The van der Waals surface area contributed by atoms with Gasteiger partial charge in [-0.1, -0.05) is 30.3 Å². The number of nitrogens with zero attached hydrogens (tertiary/aromatic N) is 5. The highest BCUT2D eigenvalue weighted by atomic mass is 16.5. The Morgan fingerprint density at radius 3 is 2.57 bits per heavy atom. The number of imidazole rings is 2. The number of fused-ring (bicyclic) bond motifs is 3. The molecule has 8 heteroatoms. The zero-order valence-corrected chi connectivity index (χ0v) is 16.4. The van der Waals surface area contributed by atoms with E-state index >= 15 is 0 Å². The Kier molecular flexibility index (Phi) is 4.43. The Morgan fingerprint density at radius 1 is 1.18 bits per heavy atom. The van der Waals surface area contributed by atoms with E-state index in [-0.39, 0.29) is 24.8 Å². The summed E-state index contributed by atoms with van der Waals surface area (Å²) in [5.74, 6) is 0.639. The Labute approximate surface area is 161 Å². The Bertz CT molecular complexity index is 1280. The number of hydrogen-bond acceptors (Lipinski definition) is 4. The van der Waals surface area contributed by atoms with E-state index in [1.54, 1.807) is 18.6 Å². The molecule has 0 N–H and O–H groups in total. The molecule has 3 aromatic heterocycles. The molecule has 0 radical (unpaired) electrons. The van der Waals surface area contributed by atoms with Crippen LogP contribution in [0.5, 0.6) is 0 Å². The Morgan fingerprint density at radius 2 is 1.89 bits per heavy atom. The first-order valence-electron chi connectivity index (χ1n) is 9.19. The molecule has 4 rings (SSSR count). The Balaban J connectivity index is 2.01. The Hall–Kier alpha value is -3.13. The smallest absolute Gasteiger partial charge is 0.332 e. The molecule has 0 amide bonds. The normalized spacial score (nSPS) is 12.9. The van der Waals surface area contributed by atoms with Crippen molar-refractivity contribution in [3.05, 3.63) is 68.6 Å². The summed E-state index contributed by atoms with van der Waals surface area (Å²) in [5.41, 5.74) is 2.16. The van der Waals surface area contributed by atoms with Crippen molar-refractivity contribution in [1.82, 2.24) is 23.1 Å². The second-order valence-electron chi connectivity index (χ2n) is 6.97. The molecule has 4 aromatic rings. The lowest BCUT2D eigenvalue weighted by Crippen LogP contribution is -2.40. The van der Waals surface area contributed by atoms with E-state index < -0.39 is 5.69 Å². The van der Waals surface area contributed by atoms with Crippen LogP contribution in [-0.4, -0.2) is 36.8 Å². The van der Waals surface area contributed by atoms with Crippen LogP contribution in [0.25, 0.3) is 16.9 Å². The monoisotopic (exact) mass is 381 g/mol. The quantitative estimate of drug-likeness (QED) is 0.527. The summed E-state index contributed by atoms with van der Waals surface area (Å²) < 4.78 is 11.5. The molecular formula is C20H23N5O3. The maximum atomic E-state index is 13.1. The molecule has 28 heavy (non-hydrogen) atoms. The van der Waals surface area contributed by atoms with E-state index in [0.29, 0.717) is 16.9 Å². The summed E-state index contributed by atoms with van der Waals surface area (Å²) >= 11 is 0. The minimum atomic E-state index is -0.394. The number of hydrogen-bond donors (Lipinski definition) is 0. The lowest BCUT2D eigenvalue weighted by molar-refractivity contribution is 0.184. The molecule has 0 bridgehead atoms. The zero-order chi connectivity index (χ0) is 20.0. The van der Waals surface area contributed by atoms with Gasteiger partial charge in [0, 0.05) is 26.0 Å². The maximum Gasteiger partial charge on any atom is 0.332 e. The van der Waals surface area contributed by atoms with Crippen molar-refractivity contribution < 1.29 is 4.74 Å². The highest BCUT2D eigenvalue weighted by molar-refractivity contribution is 5.75. The van der Waals surface area contributed by atoms with Gasteiger partial charge in [-0.05, 0) is 19.4 Å². The van der Waals surface area contributed by atoms with Gasteiger partial charge in [0.2, 0.25) is 5.78 Å². The third-order valence-electron chi connectivity index (χ3n) is 5.26. The minimum absolute atomic E-state index is 0.0308. The fraction of sp³-hybridized carbons (Fsp3) is 0.350. The summed E-state index contributed by atoms with van der Waals surface area (Å²) in [6, 6.07) is 10.1. The van der Waals surface area contributed by atoms with Crippen LogP contribution in [0.1, 0.15) is 24.2 Å². The highest BCUT2D eigenvalue weighted by Crippen LogP contribution is 2.25. The van der Waals surface area contributed by atoms with E-state index in [0.717, 1.165) is 11.3 Å². The lowest BCUT2D eigenvalue weighted by Gasteiger charge is -2.16. The standard InChI is InChI=1S/C20H23N5O3/c1-13-12-24-16-17(22(3)20(27)23(18(16)26)10-11-28-4)21-19(24)25(13)14(2)15-8-6-5-7-9-15/h5-9,12,14H,10-11H2,1-4H3. The van der Waals surface area contributed by atoms with Gasteiger partial charge < -0.3 is 9.30 Å². The van der Waals surface area contributed by atoms with Crippen molar-refractivity contribution in [2.75, 3.05) is 13.7 Å². The number of ether oxygens (including phenoxy) is 1. The van der Waals surface area contributed by atoms with E-state index in [1.165, 1.54) is 9.13 Å². The van der Waals surface area contributed by atoms with Crippen LogP contribution in [0.4, 0.5) is 0 Å². The predicted octanol–water partition coefficient (Wildman–Crippen LogP) is 1.71. The third-order valence-corrected chi connectivity index (χ3v) is 5.26. The minimum Gasteiger partial charge on any atom is -0.383 e. The maximum absolute atomic E-state index is 13.1. The second kappa shape index (κ2) is 6.79. The SMILES string of the molecule is COCCn1c(=O)c2c(nc3n(C(C)c4ccccc4)c(C)cn23)n(C)c1=O. The number of aromatic nitrogens is 5. The fourth-order valence-corrected chi connectivity index (χ4v) is 3.77. The van der Waals surface area contributed by atoms with E-state index in [2.05, 4.69) is 28.6 Å². The van der Waals surface area contributed by atoms with Crippen molar-refractivity contribution in [2.45, 2.75) is 26.4 Å². The van der Waals surface area contributed by atoms with Gasteiger partial charge in [0.05, 0.1) is 19.2 Å².